The summed E-state index contributed by atoms with van der Waals surface area (Å²) in [4.78, 5) is 22.1. The van der Waals surface area contributed by atoms with Crippen molar-refractivity contribution in [1.29, 1.82) is 0 Å². The first-order valence-corrected chi connectivity index (χ1v) is 12.1. The van der Waals surface area contributed by atoms with Crippen molar-refractivity contribution >= 4 is 31.7 Å². The first-order valence-electron chi connectivity index (χ1n) is 9.76. The van der Waals surface area contributed by atoms with E-state index in [-0.39, 0.29) is 30.7 Å². The largest absolute Gasteiger partial charge is 0.482 e. The van der Waals surface area contributed by atoms with Crippen molar-refractivity contribution in [3.63, 3.8) is 0 Å². The number of hydrogen-bond acceptors (Lipinski definition) is 8. The summed E-state index contributed by atoms with van der Waals surface area (Å²) in [5, 5.41) is 0. The minimum absolute atomic E-state index is 0.00912. The smallest absolute Gasteiger partial charge is 0.344 e. The molecule has 0 aromatic heterocycles. The van der Waals surface area contributed by atoms with Gasteiger partial charge in [0.15, 0.2) is 13.2 Å². The third-order valence-corrected chi connectivity index (χ3v) is 5.17. The molecule has 32 heavy (non-hydrogen) atoms. The van der Waals surface area contributed by atoms with Gasteiger partial charge in [-0.05, 0) is 63.1 Å². The van der Waals surface area contributed by atoms with Crippen LogP contribution in [0.3, 0.4) is 0 Å². The van der Waals surface area contributed by atoms with Crippen LogP contribution in [-0.4, -0.2) is 46.8 Å². The Morgan fingerprint density at radius 2 is 1.31 bits per heavy atom. The number of benzene rings is 2. The van der Waals surface area contributed by atoms with Gasteiger partial charge in [-0.15, -0.1) is 0 Å². The van der Waals surface area contributed by atoms with E-state index in [4.69, 9.17) is 29.6 Å². The van der Waals surface area contributed by atoms with Gasteiger partial charge >= 0.3 is 11.9 Å². The monoisotopic (exact) mass is 486 g/mol. The van der Waals surface area contributed by atoms with Crippen molar-refractivity contribution in [2.24, 2.45) is 0 Å². The van der Waals surface area contributed by atoms with Crippen molar-refractivity contribution in [2.45, 2.75) is 32.6 Å². The Hall–Kier alpha value is -2.78. The van der Waals surface area contributed by atoms with Crippen molar-refractivity contribution < 1.29 is 37.0 Å². The molecule has 0 fully saturated rings. The minimum Gasteiger partial charge on any atom is -0.482 e. The van der Waals surface area contributed by atoms with Crippen LogP contribution in [0.4, 0.5) is 0 Å². The highest BCUT2D eigenvalue weighted by Gasteiger charge is 2.12. The number of rotatable bonds is 9. The molecule has 0 spiro atoms. The summed E-state index contributed by atoms with van der Waals surface area (Å²) in [6.45, 7) is 7.47. The summed E-state index contributed by atoms with van der Waals surface area (Å²) in [5.74, 6) is 0.314. The van der Waals surface area contributed by atoms with E-state index in [1.54, 1.807) is 20.8 Å². The van der Waals surface area contributed by atoms with Crippen LogP contribution in [0.1, 0.15) is 25.0 Å². The van der Waals surface area contributed by atoms with Crippen LogP contribution in [0.5, 0.6) is 11.5 Å². The SMILES string of the molecule is CCOC(=O)COc1ccc(S(=O)(=O)Cl)cc1C.CCOC(=O)COc1ccccc1C. The van der Waals surface area contributed by atoms with Crippen molar-refractivity contribution in [2.75, 3.05) is 26.4 Å². The summed E-state index contributed by atoms with van der Waals surface area (Å²) in [7, 11) is 1.45. The normalized spacial score (nSPS) is 10.4. The quantitative estimate of drug-likeness (QED) is 0.389. The molecule has 0 atom stereocenters. The second kappa shape index (κ2) is 13.6. The van der Waals surface area contributed by atoms with E-state index in [0.29, 0.717) is 17.9 Å². The lowest BCUT2D eigenvalue weighted by Gasteiger charge is -2.09. The van der Waals surface area contributed by atoms with Gasteiger partial charge in [-0.2, -0.15) is 0 Å². The lowest BCUT2D eigenvalue weighted by molar-refractivity contribution is -0.146. The Labute approximate surface area is 192 Å². The predicted molar refractivity (Wildman–Crippen MR) is 120 cm³/mol. The number of esters is 2. The van der Waals surface area contributed by atoms with Crippen LogP contribution in [0.2, 0.25) is 0 Å². The number of ether oxygens (including phenoxy) is 4. The van der Waals surface area contributed by atoms with Gasteiger partial charge in [-0.3, -0.25) is 0 Å². The van der Waals surface area contributed by atoms with Crippen molar-refractivity contribution in [3.8, 4) is 11.5 Å². The Morgan fingerprint density at radius 1 is 0.812 bits per heavy atom. The van der Waals surface area contributed by atoms with Gasteiger partial charge in [0.1, 0.15) is 11.5 Å². The highest BCUT2D eigenvalue weighted by atomic mass is 35.7. The average molecular weight is 487 g/mol. The van der Waals surface area contributed by atoms with Crippen LogP contribution < -0.4 is 9.47 Å². The van der Waals surface area contributed by atoms with E-state index >= 15 is 0 Å². The zero-order valence-corrected chi connectivity index (χ0v) is 20.0. The molecular weight excluding hydrogens is 460 g/mol. The van der Waals surface area contributed by atoms with Crippen LogP contribution in [0, 0.1) is 13.8 Å². The number of halogens is 1. The molecule has 0 aliphatic carbocycles. The van der Waals surface area contributed by atoms with E-state index in [1.165, 1.54) is 18.2 Å². The second-order valence-electron chi connectivity index (χ2n) is 6.32. The maximum absolute atomic E-state index is 11.1. The van der Waals surface area contributed by atoms with Crippen LogP contribution >= 0.6 is 10.7 Å². The van der Waals surface area contributed by atoms with E-state index < -0.39 is 15.0 Å². The number of carbonyl (C=O) groups is 2. The molecule has 10 heteroatoms. The number of aryl methyl sites for hydroxylation is 2. The molecule has 2 aromatic rings. The maximum Gasteiger partial charge on any atom is 0.344 e. The molecule has 8 nitrogen and oxygen atoms in total. The van der Waals surface area contributed by atoms with Crippen molar-refractivity contribution in [3.05, 3.63) is 53.6 Å². The molecule has 0 saturated carbocycles. The van der Waals surface area contributed by atoms with Gasteiger partial charge < -0.3 is 18.9 Å². The summed E-state index contributed by atoms with van der Waals surface area (Å²) in [5.41, 5.74) is 1.58. The van der Waals surface area contributed by atoms with Gasteiger partial charge in [-0.25, -0.2) is 18.0 Å². The molecule has 0 radical (unpaired) electrons. The van der Waals surface area contributed by atoms with E-state index in [1.807, 2.05) is 31.2 Å². The fourth-order valence-electron chi connectivity index (χ4n) is 2.33. The highest BCUT2D eigenvalue weighted by molar-refractivity contribution is 8.13. The lowest BCUT2D eigenvalue weighted by atomic mass is 10.2. The third-order valence-electron chi connectivity index (χ3n) is 3.82. The summed E-state index contributed by atoms with van der Waals surface area (Å²) < 4.78 is 42.1. The highest BCUT2D eigenvalue weighted by Crippen LogP contribution is 2.23. The van der Waals surface area contributed by atoms with E-state index in [0.717, 1.165) is 11.3 Å². The summed E-state index contributed by atoms with van der Waals surface area (Å²) >= 11 is 0. The lowest BCUT2D eigenvalue weighted by Crippen LogP contribution is -2.15. The van der Waals surface area contributed by atoms with Crippen LogP contribution in [-0.2, 0) is 28.1 Å². The Kier molecular flexibility index (Phi) is 11.6. The van der Waals surface area contributed by atoms with Gasteiger partial charge in [0.2, 0.25) is 0 Å². The maximum atomic E-state index is 11.1. The molecule has 0 amide bonds. The fraction of sp³-hybridized carbons (Fsp3) is 0.364. The number of para-hydroxylation sites is 1. The van der Waals surface area contributed by atoms with E-state index in [9.17, 15) is 18.0 Å². The molecule has 0 unspecified atom stereocenters. The molecule has 0 aliphatic rings. The Bertz CT molecular complexity index is 1000. The zero-order chi connectivity index (χ0) is 24.1. The van der Waals surface area contributed by atoms with Gasteiger partial charge in [0, 0.05) is 10.7 Å². The molecule has 2 rings (SSSR count). The molecule has 176 valence electrons. The van der Waals surface area contributed by atoms with Crippen molar-refractivity contribution in [1.82, 2.24) is 0 Å². The fourth-order valence-corrected chi connectivity index (χ4v) is 3.17. The van der Waals surface area contributed by atoms with Gasteiger partial charge in [0.05, 0.1) is 18.1 Å². The minimum atomic E-state index is -3.76. The summed E-state index contributed by atoms with van der Waals surface area (Å²) in [6.07, 6.45) is 0. The summed E-state index contributed by atoms with van der Waals surface area (Å²) in [6, 6.07) is 11.7. The topological polar surface area (TPSA) is 105 Å². The Morgan fingerprint density at radius 3 is 1.75 bits per heavy atom. The average Bonchev–Trinajstić information content (AvgIpc) is 2.72. The van der Waals surface area contributed by atoms with Crippen LogP contribution in [0.15, 0.2) is 47.4 Å². The molecular formula is C22H27ClO8S. The molecule has 0 N–H and O–H groups in total. The Balaban J connectivity index is 0.000000330. The van der Waals surface area contributed by atoms with Crippen LogP contribution in [0.25, 0.3) is 0 Å². The zero-order valence-electron chi connectivity index (χ0n) is 18.4. The molecule has 2 aromatic carbocycles. The first-order chi connectivity index (χ1) is 15.1. The molecule has 0 bridgehead atoms. The number of carbonyl (C=O) groups excluding carboxylic acids is 2. The second-order valence-corrected chi connectivity index (χ2v) is 8.88. The standard InChI is InChI=1S/C11H13ClO5S.C11H14O3/c1-3-16-11(13)7-17-10-5-4-9(6-8(10)2)18(12,14)15;1-3-13-11(12)8-14-10-7-5-4-6-9(10)2/h4-6H,3,7H2,1-2H3;4-7H,3,8H2,1-2H3. The molecule has 0 heterocycles. The molecule has 0 saturated heterocycles. The van der Waals surface area contributed by atoms with Gasteiger partial charge in [-0.1, -0.05) is 18.2 Å². The first kappa shape index (κ1) is 27.3. The third kappa shape index (κ3) is 10.0. The molecule has 0 aliphatic heterocycles. The predicted octanol–water partition coefficient (Wildman–Crippen LogP) is 3.80. The number of hydrogen-bond donors (Lipinski definition) is 0. The van der Waals surface area contributed by atoms with Gasteiger partial charge in [0.25, 0.3) is 9.05 Å². The van der Waals surface area contributed by atoms with E-state index in [2.05, 4.69) is 0 Å².